The van der Waals surface area contributed by atoms with Crippen molar-refractivity contribution in [1.82, 2.24) is 4.98 Å². The van der Waals surface area contributed by atoms with Crippen LogP contribution in [0.1, 0.15) is 36.5 Å². The van der Waals surface area contributed by atoms with Gasteiger partial charge in [0.15, 0.2) is 0 Å². The van der Waals surface area contributed by atoms with Gasteiger partial charge in [0.25, 0.3) is 0 Å². The Balaban J connectivity index is 2.86. The van der Waals surface area contributed by atoms with E-state index in [4.69, 9.17) is 22.4 Å². The van der Waals surface area contributed by atoms with Crippen LogP contribution in [-0.2, 0) is 0 Å². The van der Waals surface area contributed by atoms with Crippen molar-refractivity contribution in [2.45, 2.75) is 26.2 Å². The second-order valence-corrected chi connectivity index (χ2v) is 4.72. The molecule has 1 heterocycles. The lowest BCUT2D eigenvalue weighted by Crippen LogP contribution is -2.29. The lowest BCUT2D eigenvalue weighted by atomic mass is 10.2. The summed E-state index contributed by atoms with van der Waals surface area (Å²) in [7, 11) is 0. The van der Waals surface area contributed by atoms with E-state index in [1.54, 1.807) is 0 Å². The molecule has 0 aliphatic carbocycles. The minimum Gasteiger partial charge on any atom is -0.395 e. The van der Waals surface area contributed by atoms with Gasteiger partial charge in [-0.25, -0.2) is 4.98 Å². The van der Waals surface area contributed by atoms with Crippen LogP contribution < -0.4 is 10.6 Å². The lowest BCUT2D eigenvalue weighted by Gasteiger charge is -2.23. The number of amides is 1. The van der Waals surface area contributed by atoms with Crippen LogP contribution in [0, 0.1) is 0 Å². The molecule has 1 amide bonds. The van der Waals surface area contributed by atoms with Crippen molar-refractivity contribution in [3.63, 3.8) is 0 Å². The average Bonchev–Trinajstić information content (AvgIpc) is 2.38. The fraction of sp³-hybridized carbons (Fsp3) is 0.538. The summed E-state index contributed by atoms with van der Waals surface area (Å²) >= 11 is 6.12. The first-order chi connectivity index (χ1) is 9.10. The quantitative estimate of drug-likeness (QED) is 0.714. The van der Waals surface area contributed by atoms with Crippen molar-refractivity contribution in [2.75, 3.05) is 24.6 Å². The molecule has 0 atom stereocenters. The van der Waals surface area contributed by atoms with Crippen molar-refractivity contribution in [3.8, 4) is 0 Å². The van der Waals surface area contributed by atoms with Gasteiger partial charge in [-0.05, 0) is 12.5 Å². The Morgan fingerprint density at radius 3 is 2.74 bits per heavy atom. The molecule has 5 nitrogen and oxygen atoms in total. The molecule has 1 aromatic heterocycles. The number of pyridine rings is 1. The molecule has 106 valence electrons. The van der Waals surface area contributed by atoms with Crippen LogP contribution >= 0.6 is 11.6 Å². The Hall–Kier alpha value is -1.33. The van der Waals surface area contributed by atoms with Gasteiger partial charge in [-0.1, -0.05) is 31.4 Å². The number of carbonyl (C=O) groups is 1. The number of rotatable bonds is 8. The van der Waals surface area contributed by atoms with Crippen molar-refractivity contribution < 1.29 is 9.90 Å². The van der Waals surface area contributed by atoms with Gasteiger partial charge in [0.05, 0.1) is 17.2 Å². The number of halogens is 1. The van der Waals surface area contributed by atoms with E-state index in [1.165, 1.54) is 12.3 Å². The third-order valence-corrected chi connectivity index (χ3v) is 3.09. The molecule has 0 saturated heterocycles. The van der Waals surface area contributed by atoms with Gasteiger partial charge in [-0.15, -0.1) is 0 Å². The van der Waals surface area contributed by atoms with E-state index in [2.05, 4.69) is 11.9 Å². The first-order valence-corrected chi connectivity index (χ1v) is 6.79. The van der Waals surface area contributed by atoms with Gasteiger partial charge in [0.2, 0.25) is 5.91 Å². The number of nitrogens with zero attached hydrogens (tertiary/aromatic N) is 2. The van der Waals surface area contributed by atoms with Gasteiger partial charge >= 0.3 is 0 Å². The Labute approximate surface area is 118 Å². The predicted octanol–water partition coefficient (Wildman–Crippen LogP) is 1.82. The highest BCUT2D eigenvalue weighted by Crippen LogP contribution is 2.24. The number of aliphatic hydroxyl groups excluding tert-OH is 1. The summed E-state index contributed by atoms with van der Waals surface area (Å²) in [6.45, 7) is 3.40. The molecule has 1 rings (SSSR count). The van der Waals surface area contributed by atoms with Crippen LogP contribution in [0.3, 0.4) is 0 Å². The summed E-state index contributed by atoms with van der Waals surface area (Å²) in [5, 5.41) is 9.48. The average molecular weight is 286 g/mol. The Bertz CT molecular complexity index is 426. The lowest BCUT2D eigenvalue weighted by molar-refractivity contribution is 0.1000. The first kappa shape index (κ1) is 15.7. The van der Waals surface area contributed by atoms with Gasteiger partial charge in [0, 0.05) is 19.3 Å². The summed E-state index contributed by atoms with van der Waals surface area (Å²) in [5.41, 5.74) is 5.46. The second-order valence-electron chi connectivity index (χ2n) is 4.31. The van der Waals surface area contributed by atoms with Crippen LogP contribution in [0.15, 0.2) is 12.3 Å². The second kappa shape index (κ2) is 7.96. The van der Waals surface area contributed by atoms with E-state index in [1.807, 2.05) is 4.90 Å². The van der Waals surface area contributed by atoms with Crippen molar-refractivity contribution in [2.24, 2.45) is 5.73 Å². The van der Waals surface area contributed by atoms with Crippen LogP contribution in [-0.4, -0.2) is 35.7 Å². The van der Waals surface area contributed by atoms with Crippen LogP contribution in [0.4, 0.5) is 5.82 Å². The third-order valence-electron chi connectivity index (χ3n) is 2.81. The van der Waals surface area contributed by atoms with Gasteiger partial charge < -0.3 is 15.7 Å². The van der Waals surface area contributed by atoms with Crippen LogP contribution in [0.2, 0.25) is 5.02 Å². The van der Waals surface area contributed by atoms with E-state index in [0.717, 1.165) is 25.8 Å². The molecule has 1 aromatic rings. The molecular formula is C13H20ClN3O2. The summed E-state index contributed by atoms with van der Waals surface area (Å²) in [6, 6.07) is 1.51. The molecule has 0 fully saturated rings. The van der Waals surface area contributed by atoms with Gasteiger partial charge in [0.1, 0.15) is 5.82 Å². The molecule has 0 aliphatic rings. The third kappa shape index (κ3) is 4.69. The highest BCUT2D eigenvalue weighted by molar-refractivity contribution is 6.33. The SMILES string of the molecule is CCCCCN(CCO)c1ncc(C(N)=O)cc1Cl. The highest BCUT2D eigenvalue weighted by atomic mass is 35.5. The normalized spacial score (nSPS) is 10.5. The number of aromatic nitrogens is 1. The van der Waals surface area contributed by atoms with E-state index in [9.17, 15) is 4.79 Å². The van der Waals surface area contributed by atoms with Gasteiger partial charge in [-0.2, -0.15) is 0 Å². The minimum atomic E-state index is -0.555. The fourth-order valence-corrected chi connectivity index (χ4v) is 2.08. The molecule has 6 heteroatoms. The summed E-state index contributed by atoms with van der Waals surface area (Å²) in [6.07, 6.45) is 4.65. The topological polar surface area (TPSA) is 79.4 Å². The summed E-state index contributed by atoms with van der Waals surface area (Å²) in [5.74, 6) is 0.0254. The molecule has 0 saturated carbocycles. The molecule has 0 aliphatic heterocycles. The Morgan fingerprint density at radius 1 is 1.47 bits per heavy atom. The van der Waals surface area contributed by atoms with Crippen molar-refractivity contribution >= 4 is 23.3 Å². The van der Waals surface area contributed by atoms with Crippen molar-refractivity contribution in [1.29, 1.82) is 0 Å². The number of anilines is 1. The first-order valence-electron chi connectivity index (χ1n) is 6.41. The standard InChI is InChI=1S/C13H20ClN3O2/c1-2-3-4-5-17(6-7-18)13-11(14)8-10(9-16-13)12(15)19/h8-9,18H,2-7H2,1H3,(H2,15,19). The minimum absolute atomic E-state index is 0.0295. The molecule has 0 bridgehead atoms. The molecule has 0 unspecified atom stereocenters. The zero-order valence-electron chi connectivity index (χ0n) is 11.1. The summed E-state index contributed by atoms with van der Waals surface area (Å²) in [4.78, 5) is 17.1. The molecule has 3 N–H and O–H groups in total. The van der Waals surface area contributed by atoms with E-state index < -0.39 is 5.91 Å². The molecule has 0 spiro atoms. The van der Waals surface area contributed by atoms with E-state index >= 15 is 0 Å². The monoisotopic (exact) mass is 285 g/mol. The smallest absolute Gasteiger partial charge is 0.250 e. The van der Waals surface area contributed by atoms with E-state index in [-0.39, 0.29) is 12.2 Å². The maximum atomic E-state index is 11.0. The zero-order chi connectivity index (χ0) is 14.3. The van der Waals surface area contributed by atoms with E-state index in [0.29, 0.717) is 17.4 Å². The number of aliphatic hydroxyl groups is 1. The number of carbonyl (C=O) groups excluding carboxylic acids is 1. The number of nitrogens with two attached hydrogens (primary N) is 1. The predicted molar refractivity (Wildman–Crippen MR) is 76.6 cm³/mol. The maximum Gasteiger partial charge on any atom is 0.250 e. The Morgan fingerprint density at radius 2 is 2.21 bits per heavy atom. The number of primary amides is 1. The van der Waals surface area contributed by atoms with Crippen molar-refractivity contribution in [3.05, 3.63) is 22.8 Å². The maximum absolute atomic E-state index is 11.0. The van der Waals surface area contributed by atoms with Crippen LogP contribution in [0.25, 0.3) is 0 Å². The Kier molecular flexibility index (Phi) is 6.59. The van der Waals surface area contributed by atoms with Crippen LogP contribution in [0.5, 0.6) is 0 Å². The highest BCUT2D eigenvalue weighted by Gasteiger charge is 2.13. The molecule has 19 heavy (non-hydrogen) atoms. The largest absolute Gasteiger partial charge is 0.395 e. The number of unbranched alkanes of at least 4 members (excludes halogenated alkanes) is 2. The summed E-state index contributed by atoms with van der Waals surface area (Å²) < 4.78 is 0. The number of hydrogen-bond acceptors (Lipinski definition) is 4. The molecule has 0 radical (unpaired) electrons. The number of hydrogen-bond donors (Lipinski definition) is 2. The fourth-order valence-electron chi connectivity index (χ4n) is 1.80. The van der Waals surface area contributed by atoms with Gasteiger partial charge in [-0.3, -0.25) is 4.79 Å². The molecular weight excluding hydrogens is 266 g/mol. The zero-order valence-corrected chi connectivity index (χ0v) is 11.9. The molecule has 0 aromatic carbocycles.